The zero-order valence-corrected chi connectivity index (χ0v) is 13.7. The van der Waals surface area contributed by atoms with Crippen LogP contribution in [-0.2, 0) is 11.2 Å². The molecule has 4 heteroatoms. The first-order valence-corrected chi connectivity index (χ1v) is 8.19. The smallest absolute Gasteiger partial charge is 0.233 e. The molecular weight excluding hydrogens is 294 g/mol. The van der Waals surface area contributed by atoms with Gasteiger partial charge < -0.3 is 10.1 Å². The van der Waals surface area contributed by atoms with E-state index in [4.69, 9.17) is 4.74 Å². The molecule has 2 rings (SSSR count). The molecule has 2 aromatic carbocycles. The molecule has 1 atom stereocenters. The molecule has 0 saturated heterocycles. The number of benzene rings is 2. The van der Waals surface area contributed by atoms with E-state index in [1.54, 1.807) is 18.9 Å². The number of methoxy groups -OCH3 is 1. The number of carbonyl (C=O) groups excluding carboxylic acids is 1. The first-order valence-electron chi connectivity index (χ1n) is 7.31. The third-order valence-electron chi connectivity index (χ3n) is 3.30. The Kier molecular flexibility index (Phi) is 6.34. The van der Waals surface area contributed by atoms with Crippen LogP contribution in [0.1, 0.15) is 12.5 Å². The molecule has 0 spiro atoms. The quantitative estimate of drug-likeness (QED) is 0.794. The van der Waals surface area contributed by atoms with Gasteiger partial charge >= 0.3 is 0 Å². The summed E-state index contributed by atoms with van der Waals surface area (Å²) < 4.78 is 5.13. The summed E-state index contributed by atoms with van der Waals surface area (Å²) in [4.78, 5) is 13.2. The molecule has 0 aliphatic heterocycles. The Balaban J connectivity index is 1.76. The fraction of sp³-hybridized carbons (Fsp3) is 0.278. The van der Waals surface area contributed by atoms with Gasteiger partial charge in [-0.25, -0.2) is 0 Å². The van der Waals surface area contributed by atoms with Gasteiger partial charge in [-0.15, -0.1) is 11.8 Å². The van der Waals surface area contributed by atoms with Crippen molar-refractivity contribution in [2.75, 3.05) is 13.7 Å². The third kappa shape index (κ3) is 5.11. The number of nitrogens with one attached hydrogen (secondary N) is 1. The molecule has 0 aromatic heterocycles. The van der Waals surface area contributed by atoms with Crippen LogP contribution in [0.5, 0.6) is 5.75 Å². The van der Waals surface area contributed by atoms with E-state index in [9.17, 15) is 4.79 Å². The van der Waals surface area contributed by atoms with Crippen molar-refractivity contribution in [2.24, 2.45) is 0 Å². The number of amides is 1. The van der Waals surface area contributed by atoms with E-state index < -0.39 is 0 Å². The summed E-state index contributed by atoms with van der Waals surface area (Å²) in [5.41, 5.74) is 1.23. The Labute approximate surface area is 136 Å². The highest BCUT2D eigenvalue weighted by Gasteiger charge is 2.13. The Bertz CT molecular complexity index is 584. The summed E-state index contributed by atoms with van der Waals surface area (Å²) in [6.45, 7) is 2.59. The van der Waals surface area contributed by atoms with Gasteiger partial charge in [0.15, 0.2) is 0 Å². The summed E-state index contributed by atoms with van der Waals surface area (Å²) in [6, 6.07) is 17.9. The Morgan fingerprint density at radius 2 is 1.82 bits per heavy atom. The predicted molar refractivity (Wildman–Crippen MR) is 91.5 cm³/mol. The molecule has 0 radical (unpaired) electrons. The summed E-state index contributed by atoms with van der Waals surface area (Å²) in [7, 11) is 1.64. The van der Waals surface area contributed by atoms with Crippen LogP contribution in [0, 0.1) is 0 Å². The minimum atomic E-state index is -0.121. The lowest BCUT2D eigenvalue weighted by Crippen LogP contribution is -2.32. The molecule has 2 aromatic rings. The molecule has 116 valence electrons. The minimum Gasteiger partial charge on any atom is -0.497 e. The molecule has 0 heterocycles. The van der Waals surface area contributed by atoms with Gasteiger partial charge in [0, 0.05) is 11.4 Å². The van der Waals surface area contributed by atoms with E-state index >= 15 is 0 Å². The lowest BCUT2D eigenvalue weighted by Gasteiger charge is -2.12. The number of carbonyl (C=O) groups is 1. The molecule has 1 unspecified atom stereocenters. The van der Waals surface area contributed by atoms with Crippen molar-refractivity contribution in [1.82, 2.24) is 5.32 Å². The van der Waals surface area contributed by atoms with Crippen LogP contribution in [0.4, 0.5) is 0 Å². The molecule has 22 heavy (non-hydrogen) atoms. The maximum absolute atomic E-state index is 12.1. The van der Waals surface area contributed by atoms with Gasteiger partial charge in [0.1, 0.15) is 5.75 Å². The Morgan fingerprint density at radius 3 is 2.45 bits per heavy atom. The predicted octanol–water partition coefficient (Wildman–Crippen LogP) is 3.53. The van der Waals surface area contributed by atoms with E-state index in [0.717, 1.165) is 17.1 Å². The standard InChI is InChI=1S/C18H21NO2S/c1-14(22-17-10-8-16(21-2)9-11-17)18(20)19-13-12-15-6-4-3-5-7-15/h3-11,14H,12-13H2,1-2H3,(H,19,20). The molecule has 0 aliphatic rings. The molecule has 3 nitrogen and oxygen atoms in total. The van der Waals surface area contributed by atoms with Gasteiger partial charge in [-0.05, 0) is 43.2 Å². The molecule has 0 saturated carbocycles. The number of rotatable bonds is 7. The van der Waals surface area contributed by atoms with Crippen molar-refractivity contribution >= 4 is 17.7 Å². The Morgan fingerprint density at radius 1 is 1.14 bits per heavy atom. The van der Waals surface area contributed by atoms with E-state index in [1.165, 1.54) is 5.56 Å². The van der Waals surface area contributed by atoms with Gasteiger partial charge in [0.25, 0.3) is 0 Å². The number of hydrogen-bond acceptors (Lipinski definition) is 3. The van der Waals surface area contributed by atoms with Crippen LogP contribution < -0.4 is 10.1 Å². The van der Waals surface area contributed by atoms with Crippen molar-refractivity contribution < 1.29 is 9.53 Å². The van der Waals surface area contributed by atoms with Crippen LogP contribution in [0.15, 0.2) is 59.5 Å². The van der Waals surface area contributed by atoms with Gasteiger partial charge in [-0.2, -0.15) is 0 Å². The second kappa shape index (κ2) is 8.49. The van der Waals surface area contributed by atoms with E-state index in [2.05, 4.69) is 17.4 Å². The maximum Gasteiger partial charge on any atom is 0.233 e. The van der Waals surface area contributed by atoms with Crippen LogP contribution in [0.3, 0.4) is 0 Å². The molecule has 1 N–H and O–H groups in total. The average Bonchev–Trinajstić information content (AvgIpc) is 2.56. The van der Waals surface area contributed by atoms with Crippen LogP contribution in [0.25, 0.3) is 0 Å². The van der Waals surface area contributed by atoms with Gasteiger partial charge in [-0.1, -0.05) is 30.3 Å². The fourth-order valence-corrected chi connectivity index (χ4v) is 2.92. The summed E-state index contributed by atoms with van der Waals surface area (Å²) in [5.74, 6) is 0.890. The fourth-order valence-electron chi connectivity index (χ4n) is 2.03. The topological polar surface area (TPSA) is 38.3 Å². The summed E-state index contributed by atoms with van der Waals surface area (Å²) >= 11 is 1.55. The average molecular weight is 315 g/mol. The molecule has 0 bridgehead atoms. The van der Waals surface area contributed by atoms with E-state index in [1.807, 2.05) is 49.4 Å². The normalized spacial score (nSPS) is 11.7. The van der Waals surface area contributed by atoms with Crippen LogP contribution >= 0.6 is 11.8 Å². The zero-order chi connectivity index (χ0) is 15.8. The number of ether oxygens (including phenoxy) is 1. The molecule has 0 aliphatic carbocycles. The maximum atomic E-state index is 12.1. The minimum absolute atomic E-state index is 0.0664. The Hall–Kier alpha value is -1.94. The van der Waals surface area contributed by atoms with Crippen molar-refractivity contribution in [3.8, 4) is 5.75 Å². The van der Waals surface area contributed by atoms with Crippen molar-refractivity contribution in [3.05, 3.63) is 60.2 Å². The van der Waals surface area contributed by atoms with Gasteiger partial charge in [-0.3, -0.25) is 4.79 Å². The van der Waals surface area contributed by atoms with Crippen molar-refractivity contribution in [2.45, 2.75) is 23.5 Å². The van der Waals surface area contributed by atoms with Gasteiger partial charge in [0.05, 0.1) is 12.4 Å². The van der Waals surface area contributed by atoms with E-state index in [-0.39, 0.29) is 11.2 Å². The lowest BCUT2D eigenvalue weighted by atomic mass is 10.1. The second-order valence-electron chi connectivity index (χ2n) is 4.96. The van der Waals surface area contributed by atoms with Gasteiger partial charge in [0.2, 0.25) is 5.91 Å². The summed E-state index contributed by atoms with van der Waals surface area (Å²) in [6.07, 6.45) is 0.854. The van der Waals surface area contributed by atoms with E-state index in [0.29, 0.717) is 6.54 Å². The number of thioether (sulfide) groups is 1. The highest BCUT2D eigenvalue weighted by atomic mass is 32.2. The summed E-state index contributed by atoms with van der Waals surface area (Å²) in [5, 5.41) is 2.87. The van der Waals surface area contributed by atoms with Crippen molar-refractivity contribution in [3.63, 3.8) is 0 Å². The lowest BCUT2D eigenvalue weighted by molar-refractivity contribution is -0.120. The van der Waals surface area contributed by atoms with Crippen LogP contribution in [-0.4, -0.2) is 24.8 Å². The zero-order valence-electron chi connectivity index (χ0n) is 12.9. The SMILES string of the molecule is COc1ccc(SC(C)C(=O)NCCc2ccccc2)cc1. The highest BCUT2D eigenvalue weighted by Crippen LogP contribution is 2.25. The first kappa shape index (κ1) is 16.4. The monoisotopic (exact) mass is 315 g/mol. The van der Waals surface area contributed by atoms with Crippen molar-refractivity contribution in [1.29, 1.82) is 0 Å². The number of hydrogen-bond donors (Lipinski definition) is 1. The molecule has 0 fully saturated rings. The third-order valence-corrected chi connectivity index (χ3v) is 4.41. The molecule has 1 amide bonds. The van der Waals surface area contributed by atoms with Crippen LogP contribution in [0.2, 0.25) is 0 Å². The second-order valence-corrected chi connectivity index (χ2v) is 6.38. The first-order chi connectivity index (χ1) is 10.7. The largest absolute Gasteiger partial charge is 0.497 e. The molecular formula is C18H21NO2S. The highest BCUT2D eigenvalue weighted by molar-refractivity contribution is 8.00.